The van der Waals surface area contributed by atoms with Gasteiger partial charge in [0.15, 0.2) is 5.82 Å². The lowest BCUT2D eigenvalue weighted by atomic mass is 9.88. The molecule has 0 radical (unpaired) electrons. The lowest BCUT2D eigenvalue weighted by Crippen LogP contribution is -2.37. The number of carbonyl (C=O) groups is 2. The summed E-state index contributed by atoms with van der Waals surface area (Å²) in [7, 11) is 1.64. The fourth-order valence-corrected chi connectivity index (χ4v) is 5.60. The first-order valence-electron chi connectivity index (χ1n) is 12.2. The van der Waals surface area contributed by atoms with Gasteiger partial charge in [-0.3, -0.25) is 14.5 Å². The van der Waals surface area contributed by atoms with E-state index in [1.807, 2.05) is 36.1 Å². The molecule has 1 atom stereocenters. The Morgan fingerprint density at radius 3 is 2.67 bits per heavy atom. The Labute approximate surface area is 195 Å². The lowest BCUT2D eigenvalue weighted by Gasteiger charge is -2.30. The summed E-state index contributed by atoms with van der Waals surface area (Å²) in [5.41, 5.74) is 2.67. The molecule has 0 spiro atoms. The minimum Gasteiger partial charge on any atom is -0.496 e. The largest absolute Gasteiger partial charge is 0.496 e. The number of amides is 2. The van der Waals surface area contributed by atoms with Crippen LogP contribution in [0.3, 0.4) is 0 Å². The molecule has 3 heterocycles. The number of para-hydroxylation sites is 1. The highest BCUT2D eigenvalue weighted by Gasteiger charge is 2.38. The Bertz CT molecular complexity index is 1060. The highest BCUT2D eigenvalue weighted by Crippen LogP contribution is 2.38. The van der Waals surface area contributed by atoms with Crippen molar-refractivity contribution in [1.29, 1.82) is 0 Å². The van der Waals surface area contributed by atoms with E-state index in [0.29, 0.717) is 24.6 Å². The summed E-state index contributed by atoms with van der Waals surface area (Å²) in [6, 6.07) is 7.64. The van der Waals surface area contributed by atoms with E-state index in [1.165, 1.54) is 6.42 Å². The maximum Gasteiger partial charge on any atom is 0.233 e. The van der Waals surface area contributed by atoms with Crippen molar-refractivity contribution in [1.82, 2.24) is 14.9 Å². The van der Waals surface area contributed by atoms with E-state index in [4.69, 9.17) is 14.7 Å². The third-order valence-corrected chi connectivity index (χ3v) is 7.40. The van der Waals surface area contributed by atoms with Gasteiger partial charge in [0.1, 0.15) is 11.6 Å². The number of hydrogen-bond acceptors (Lipinski definition) is 5. The predicted molar refractivity (Wildman–Crippen MR) is 125 cm³/mol. The van der Waals surface area contributed by atoms with Gasteiger partial charge in [0.05, 0.1) is 26.1 Å². The smallest absolute Gasteiger partial charge is 0.233 e. The number of benzene rings is 1. The first-order valence-corrected chi connectivity index (χ1v) is 12.2. The van der Waals surface area contributed by atoms with Crippen LogP contribution in [-0.2, 0) is 22.6 Å². The van der Waals surface area contributed by atoms with Crippen LogP contribution in [0.15, 0.2) is 24.3 Å². The highest BCUT2D eigenvalue weighted by atomic mass is 16.5. The molecule has 0 unspecified atom stereocenters. The number of fused-ring (bicyclic) bond motifs is 1. The number of carbonyl (C=O) groups excluding carboxylic acids is 2. The van der Waals surface area contributed by atoms with Gasteiger partial charge < -0.3 is 9.64 Å². The summed E-state index contributed by atoms with van der Waals surface area (Å²) in [6.07, 6.45) is 7.65. The van der Waals surface area contributed by atoms with Gasteiger partial charge in [-0.2, -0.15) is 0 Å². The molecule has 1 aromatic carbocycles. The molecule has 1 aliphatic carbocycles. The Kier molecular flexibility index (Phi) is 6.04. The topological polar surface area (TPSA) is 75.6 Å². The molecule has 5 rings (SSSR count). The van der Waals surface area contributed by atoms with Crippen LogP contribution >= 0.6 is 0 Å². The number of nitrogens with zero attached hydrogens (tertiary/aromatic N) is 4. The van der Waals surface area contributed by atoms with Crippen LogP contribution in [0.2, 0.25) is 0 Å². The average Bonchev–Trinajstić information content (AvgIpc) is 3.45. The SMILES string of the molecule is COc1ccccc1CN1C(=O)Cc2c(C)nc([C@@H]3CCCN3C(=O)C3CCCCC3)nc21. The molecule has 2 amide bonds. The summed E-state index contributed by atoms with van der Waals surface area (Å²) >= 11 is 0. The Morgan fingerprint density at radius 1 is 1.09 bits per heavy atom. The van der Waals surface area contributed by atoms with Gasteiger partial charge in [-0.25, -0.2) is 9.97 Å². The summed E-state index contributed by atoms with van der Waals surface area (Å²) in [6.45, 7) is 3.12. The molecule has 2 fully saturated rings. The Morgan fingerprint density at radius 2 is 1.88 bits per heavy atom. The molecule has 1 saturated carbocycles. The summed E-state index contributed by atoms with van der Waals surface area (Å²) in [5.74, 6) is 2.54. The van der Waals surface area contributed by atoms with Gasteiger partial charge in [0.25, 0.3) is 0 Å². The van der Waals surface area contributed by atoms with E-state index in [9.17, 15) is 9.59 Å². The highest BCUT2D eigenvalue weighted by molar-refractivity contribution is 6.00. The molecule has 2 aliphatic heterocycles. The first kappa shape index (κ1) is 21.9. The standard InChI is InChI=1S/C26H32N4O3/c1-17-20-15-23(31)30(16-19-11-6-7-13-22(19)33-2)25(20)28-24(27-17)21-12-8-14-29(21)26(32)18-9-4-3-5-10-18/h6-7,11,13,18,21H,3-5,8-10,12,14-16H2,1-2H3/t21-/m0/s1. The molecule has 33 heavy (non-hydrogen) atoms. The normalized spacial score (nSPS) is 20.9. The first-order chi connectivity index (χ1) is 16.1. The zero-order chi connectivity index (χ0) is 22.9. The van der Waals surface area contributed by atoms with Crippen molar-refractivity contribution in [2.45, 2.75) is 70.9 Å². The molecular formula is C26H32N4O3. The summed E-state index contributed by atoms with van der Waals surface area (Å²) < 4.78 is 5.49. The third kappa shape index (κ3) is 4.09. The Balaban J connectivity index is 1.44. The Hall–Kier alpha value is -2.96. The van der Waals surface area contributed by atoms with Gasteiger partial charge in [-0.1, -0.05) is 37.5 Å². The minimum absolute atomic E-state index is 0.0204. The van der Waals surface area contributed by atoms with E-state index < -0.39 is 0 Å². The number of rotatable bonds is 5. The van der Waals surface area contributed by atoms with Crippen molar-refractivity contribution in [3.63, 3.8) is 0 Å². The van der Waals surface area contributed by atoms with Crippen LogP contribution in [0.5, 0.6) is 5.75 Å². The lowest BCUT2D eigenvalue weighted by molar-refractivity contribution is -0.137. The van der Waals surface area contributed by atoms with Gasteiger partial charge in [0.2, 0.25) is 11.8 Å². The van der Waals surface area contributed by atoms with Crippen molar-refractivity contribution >= 4 is 17.6 Å². The third-order valence-electron chi connectivity index (χ3n) is 7.40. The van der Waals surface area contributed by atoms with Crippen molar-refractivity contribution in [3.05, 3.63) is 46.9 Å². The zero-order valence-corrected chi connectivity index (χ0v) is 19.5. The number of anilines is 1. The van der Waals surface area contributed by atoms with Crippen LogP contribution in [-0.4, -0.2) is 40.3 Å². The maximum absolute atomic E-state index is 13.3. The summed E-state index contributed by atoms with van der Waals surface area (Å²) in [5, 5.41) is 0. The quantitative estimate of drug-likeness (QED) is 0.688. The molecule has 3 aliphatic rings. The number of aryl methyl sites for hydroxylation is 1. The second-order valence-corrected chi connectivity index (χ2v) is 9.46. The number of ether oxygens (including phenoxy) is 1. The number of aromatic nitrogens is 2. The van der Waals surface area contributed by atoms with Gasteiger partial charge in [0, 0.05) is 29.3 Å². The monoisotopic (exact) mass is 448 g/mol. The van der Waals surface area contributed by atoms with Crippen molar-refractivity contribution in [2.24, 2.45) is 5.92 Å². The second kappa shape index (κ2) is 9.12. The van der Waals surface area contributed by atoms with Crippen LogP contribution < -0.4 is 9.64 Å². The summed E-state index contributed by atoms with van der Waals surface area (Å²) in [4.78, 5) is 39.8. The molecule has 1 saturated heterocycles. The molecule has 0 bridgehead atoms. The fraction of sp³-hybridized carbons (Fsp3) is 0.538. The molecule has 0 N–H and O–H groups in total. The predicted octanol–water partition coefficient (Wildman–Crippen LogP) is 4.13. The van der Waals surface area contributed by atoms with E-state index in [1.54, 1.807) is 12.0 Å². The average molecular weight is 449 g/mol. The molecule has 7 nitrogen and oxygen atoms in total. The zero-order valence-electron chi connectivity index (χ0n) is 19.5. The molecule has 1 aromatic heterocycles. The van der Waals surface area contributed by atoms with Crippen LogP contribution in [0, 0.1) is 12.8 Å². The van der Waals surface area contributed by atoms with E-state index in [2.05, 4.69) is 0 Å². The van der Waals surface area contributed by atoms with Crippen LogP contribution in [0.4, 0.5) is 5.82 Å². The van der Waals surface area contributed by atoms with Gasteiger partial charge >= 0.3 is 0 Å². The van der Waals surface area contributed by atoms with Gasteiger partial charge in [-0.05, 0) is 38.7 Å². The van der Waals surface area contributed by atoms with E-state index in [-0.39, 0.29) is 23.8 Å². The van der Waals surface area contributed by atoms with Crippen LogP contribution in [0.25, 0.3) is 0 Å². The second-order valence-electron chi connectivity index (χ2n) is 9.46. The van der Waals surface area contributed by atoms with Crippen molar-refractivity contribution in [2.75, 3.05) is 18.6 Å². The molecule has 2 aromatic rings. The van der Waals surface area contributed by atoms with Crippen molar-refractivity contribution in [3.8, 4) is 5.75 Å². The molecular weight excluding hydrogens is 416 g/mol. The minimum atomic E-state index is -0.104. The van der Waals surface area contributed by atoms with Gasteiger partial charge in [-0.15, -0.1) is 0 Å². The number of hydrogen-bond donors (Lipinski definition) is 0. The molecule has 174 valence electrons. The van der Waals surface area contributed by atoms with E-state index >= 15 is 0 Å². The maximum atomic E-state index is 13.3. The number of methoxy groups -OCH3 is 1. The fourth-order valence-electron chi connectivity index (χ4n) is 5.60. The van der Waals surface area contributed by atoms with E-state index in [0.717, 1.165) is 67.6 Å². The van der Waals surface area contributed by atoms with Crippen LogP contribution in [0.1, 0.15) is 73.6 Å². The molecule has 7 heteroatoms. The van der Waals surface area contributed by atoms with Crippen molar-refractivity contribution < 1.29 is 14.3 Å². The number of likely N-dealkylation sites (tertiary alicyclic amines) is 1.